The van der Waals surface area contributed by atoms with Gasteiger partial charge >= 0.3 is 0 Å². The molecule has 0 bridgehead atoms. The molecule has 0 spiro atoms. The van der Waals surface area contributed by atoms with Gasteiger partial charge in [0, 0.05) is 37.8 Å². The van der Waals surface area contributed by atoms with Gasteiger partial charge < -0.3 is 14.5 Å². The van der Waals surface area contributed by atoms with Crippen molar-refractivity contribution in [2.45, 2.75) is 31.8 Å². The first-order valence-corrected chi connectivity index (χ1v) is 10.2. The fraction of sp³-hybridized carbons (Fsp3) is 0.409. The molecule has 0 radical (unpaired) electrons. The van der Waals surface area contributed by atoms with Gasteiger partial charge in [0.25, 0.3) is 11.6 Å². The topological polar surface area (TPSA) is 75.9 Å². The lowest BCUT2D eigenvalue weighted by atomic mass is 10.1. The lowest BCUT2D eigenvalue weighted by Gasteiger charge is -2.35. The highest BCUT2D eigenvalue weighted by Gasteiger charge is 2.26. The summed E-state index contributed by atoms with van der Waals surface area (Å²) < 4.78 is 5.96. The van der Waals surface area contributed by atoms with Crippen molar-refractivity contribution >= 4 is 17.3 Å². The van der Waals surface area contributed by atoms with Gasteiger partial charge in [-0.25, -0.2) is 0 Å². The van der Waals surface area contributed by atoms with Gasteiger partial charge in [-0.3, -0.25) is 14.9 Å². The van der Waals surface area contributed by atoms with Gasteiger partial charge in [0.1, 0.15) is 11.4 Å². The van der Waals surface area contributed by atoms with Crippen LogP contribution in [0.2, 0.25) is 0 Å². The van der Waals surface area contributed by atoms with E-state index in [2.05, 4.69) is 0 Å². The van der Waals surface area contributed by atoms with E-state index in [0.29, 0.717) is 43.5 Å². The zero-order valence-electron chi connectivity index (χ0n) is 16.3. The molecule has 2 aromatic carbocycles. The number of nitro groups is 1. The molecule has 0 N–H and O–H groups in total. The van der Waals surface area contributed by atoms with E-state index in [1.54, 1.807) is 23.1 Å². The van der Waals surface area contributed by atoms with E-state index >= 15 is 0 Å². The first-order chi connectivity index (χ1) is 14.1. The molecule has 1 heterocycles. The normalized spacial score (nSPS) is 17.4. The Balaban J connectivity index is 1.36. The molecule has 1 saturated carbocycles. The summed E-state index contributed by atoms with van der Waals surface area (Å²) in [6.07, 6.45) is 4.94. The van der Waals surface area contributed by atoms with Crippen LogP contribution in [0.3, 0.4) is 0 Å². The van der Waals surface area contributed by atoms with Gasteiger partial charge in [0.2, 0.25) is 0 Å². The van der Waals surface area contributed by atoms with Gasteiger partial charge in [0.15, 0.2) is 0 Å². The molecular formula is C22H25N3O4. The van der Waals surface area contributed by atoms with Crippen molar-refractivity contribution in [3.63, 3.8) is 0 Å². The number of amides is 1. The monoisotopic (exact) mass is 395 g/mol. The molecule has 152 valence electrons. The second-order valence-corrected chi connectivity index (χ2v) is 7.57. The van der Waals surface area contributed by atoms with Crippen LogP contribution in [0.1, 0.15) is 36.0 Å². The van der Waals surface area contributed by atoms with Gasteiger partial charge in [-0.15, -0.1) is 0 Å². The second kappa shape index (κ2) is 8.51. The molecule has 0 atom stereocenters. The molecule has 1 aliphatic carbocycles. The third-order valence-corrected chi connectivity index (χ3v) is 5.69. The summed E-state index contributed by atoms with van der Waals surface area (Å²) >= 11 is 0. The Labute approximate surface area is 170 Å². The van der Waals surface area contributed by atoms with Crippen LogP contribution in [-0.2, 0) is 0 Å². The van der Waals surface area contributed by atoms with Crippen molar-refractivity contribution in [3.05, 3.63) is 64.2 Å². The van der Waals surface area contributed by atoms with Crippen molar-refractivity contribution in [3.8, 4) is 5.75 Å². The number of hydrogen-bond acceptors (Lipinski definition) is 5. The molecular weight excluding hydrogens is 370 g/mol. The zero-order chi connectivity index (χ0) is 20.2. The van der Waals surface area contributed by atoms with Crippen molar-refractivity contribution in [2.75, 3.05) is 31.1 Å². The summed E-state index contributed by atoms with van der Waals surface area (Å²) in [5, 5.41) is 11.3. The first kappa shape index (κ1) is 19.2. The van der Waals surface area contributed by atoms with Gasteiger partial charge in [-0.05, 0) is 56.0 Å². The number of carbonyl (C=O) groups excluding carboxylic acids is 1. The minimum atomic E-state index is -0.359. The maximum absolute atomic E-state index is 12.8. The van der Waals surface area contributed by atoms with Gasteiger partial charge in [0.05, 0.1) is 11.0 Å². The van der Waals surface area contributed by atoms with Crippen molar-refractivity contribution in [1.82, 2.24) is 4.90 Å². The summed E-state index contributed by atoms with van der Waals surface area (Å²) in [5.41, 5.74) is 1.35. The first-order valence-electron chi connectivity index (χ1n) is 10.2. The maximum Gasteiger partial charge on any atom is 0.292 e. The van der Waals surface area contributed by atoms with E-state index in [4.69, 9.17) is 4.74 Å². The molecule has 1 saturated heterocycles. The molecule has 2 fully saturated rings. The van der Waals surface area contributed by atoms with Crippen LogP contribution >= 0.6 is 0 Å². The molecule has 1 amide bonds. The lowest BCUT2D eigenvalue weighted by molar-refractivity contribution is -0.384. The minimum absolute atomic E-state index is 0.0142. The van der Waals surface area contributed by atoms with Crippen LogP contribution in [-0.4, -0.2) is 48.0 Å². The highest BCUT2D eigenvalue weighted by Crippen LogP contribution is 2.29. The highest BCUT2D eigenvalue weighted by molar-refractivity contribution is 5.94. The van der Waals surface area contributed by atoms with E-state index in [-0.39, 0.29) is 16.5 Å². The Morgan fingerprint density at radius 3 is 2.28 bits per heavy atom. The number of rotatable bonds is 5. The molecule has 2 aromatic rings. The van der Waals surface area contributed by atoms with E-state index in [0.717, 1.165) is 18.6 Å². The average molecular weight is 395 g/mol. The summed E-state index contributed by atoms with van der Waals surface area (Å²) in [6.45, 7) is 2.20. The Bertz CT molecular complexity index is 870. The third kappa shape index (κ3) is 4.34. The fourth-order valence-electron chi connectivity index (χ4n) is 4.09. The number of ether oxygens (including phenoxy) is 1. The summed E-state index contributed by atoms with van der Waals surface area (Å²) in [7, 11) is 0. The predicted octanol–water partition coefficient (Wildman–Crippen LogP) is 3.88. The molecule has 7 nitrogen and oxygen atoms in total. The van der Waals surface area contributed by atoms with E-state index < -0.39 is 0 Å². The average Bonchev–Trinajstić information content (AvgIpc) is 3.27. The molecule has 1 aliphatic heterocycles. The minimum Gasteiger partial charge on any atom is -0.490 e. The van der Waals surface area contributed by atoms with Crippen molar-refractivity contribution in [1.29, 1.82) is 0 Å². The third-order valence-electron chi connectivity index (χ3n) is 5.69. The largest absolute Gasteiger partial charge is 0.490 e. The van der Waals surface area contributed by atoms with Crippen LogP contribution in [0.4, 0.5) is 11.4 Å². The van der Waals surface area contributed by atoms with E-state index in [9.17, 15) is 14.9 Å². The molecule has 2 aliphatic rings. The van der Waals surface area contributed by atoms with Gasteiger partial charge in [-0.1, -0.05) is 12.1 Å². The highest BCUT2D eigenvalue weighted by atomic mass is 16.6. The summed E-state index contributed by atoms with van der Waals surface area (Å²) in [5.74, 6) is 0.800. The number of nitrogens with zero attached hydrogens (tertiary/aromatic N) is 3. The summed E-state index contributed by atoms with van der Waals surface area (Å²) in [4.78, 5) is 27.5. The number of piperazine rings is 1. The fourth-order valence-corrected chi connectivity index (χ4v) is 4.09. The Morgan fingerprint density at radius 1 is 0.966 bits per heavy atom. The van der Waals surface area contributed by atoms with E-state index in [1.165, 1.54) is 18.9 Å². The number of anilines is 1. The van der Waals surface area contributed by atoms with Crippen LogP contribution in [0, 0.1) is 10.1 Å². The SMILES string of the molecule is O=C(c1ccc(OC2CCCC2)cc1)N1CCN(c2ccccc2[N+](=O)[O-])CC1. The van der Waals surface area contributed by atoms with Crippen LogP contribution < -0.4 is 9.64 Å². The van der Waals surface area contributed by atoms with Crippen molar-refractivity contribution < 1.29 is 14.5 Å². The number of hydrogen-bond donors (Lipinski definition) is 0. The zero-order valence-corrected chi connectivity index (χ0v) is 16.3. The molecule has 4 rings (SSSR count). The maximum atomic E-state index is 12.8. The Hall–Kier alpha value is -3.09. The second-order valence-electron chi connectivity index (χ2n) is 7.57. The standard InChI is InChI=1S/C22H25N3O4/c26-22(17-9-11-19(12-10-17)29-18-5-1-2-6-18)24-15-13-23(14-16-24)20-7-3-4-8-21(20)25(27)28/h3-4,7-12,18H,1-2,5-6,13-16H2. The molecule has 29 heavy (non-hydrogen) atoms. The number of carbonyl (C=O) groups is 1. The number of para-hydroxylation sites is 2. The lowest BCUT2D eigenvalue weighted by Crippen LogP contribution is -2.48. The molecule has 0 aromatic heterocycles. The number of benzene rings is 2. The van der Waals surface area contributed by atoms with Crippen molar-refractivity contribution in [2.24, 2.45) is 0 Å². The predicted molar refractivity (Wildman–Crippen MR) is 111 cm³/mol. The molecule has 7 heteroatoms. The number of nitro benzene ring substituents is 1. The smallest absolute Gasteiger partial charge is 0.292 e. The molecule has 0 unspecified atom stereocenters. The van der Waals surface area contributed by atoms with Gasteiger partial charge in [-0.2, -0.15) is 0 Å². The van der Waals surface area contributed by atoms with Crippen LogP contribution in [0.25, 0.3) is 0 Å². The Morgan fingerprint density at radius 2 is 1.62 bits per heavy atom. The van der Waals surface area contributed by atoms with E-state index in [1.807, 2.05) is 29.2 Å². The summed E-state index contributed by atoms with van der Waals surface area (Å²) in [6, 6.07) is 14.1. The quantitative estimate of drug-likeness (QED) is 0.567. The Kier molecular flexibility index (Phi) is 5.64. The van der Waals surface area contributed by atoms with Crippen LogP contribution in [0.5, 0.6) is 5.75 Å². The van der Waals surface area contributed by atoms with Crippen LogP contribution in [0.15, 0.2) is 48.5 Å².